The quantitative estimate of drug-likeness (QED) is 0.796. The first-order valence-electron chi connectivity index (χ1n) is 10.8. The van der Waals surface area contributed by atoms with Gasteiger partial charge in [0.25, 0.3) is 0 Å². The summed E-state index contributed by atoms with van der Waals surface area (Å²) >= 11 is 0. The molecule has 2 aromatic carbocycles. The number of carbonyl (C=O) groups is 1. The van der Waals surface area contributed by atoms with Crippen LogP contribution in [0.25, 0.3) is 0 Å². The van der Waals surface area contributed by atoms with Crippen molar-refractivity contribution >= 4 is 21.6 Å². The number of rotatable bonds is 4. The van der Waals surface area contributed by atoms with Crippen molar-refractivity contribution in [3.8, 4) is 0 Å². The van der Waals surface area contributed by atoms with E-state index in [0.29, 0.717) is 30.8 Å². The summed E-state index contributed by atoms with van der Waals surface area (Å²) in [5, 5.41) is 2.99. The number of anilines is 1. The fourth-order valence-electron chi connectivity index (χ4n) is 4.44. The number of hydrogen-bond acceptors (Lipinski definition) is 3. The van der Waals surface area contributed by atoms with Crippen LogP contribution in [-0.4, -0.2) is 31.7 Å². The van der Waals surface area contributed by atoms with E-state index < -0.39 is 10.0 Å². The van der Waals surface area contributed by atoms with Gasteiger partial charge in [0.05, 0.1) is 4.90 Å². The zero-order valence-corrected chi connectivity index (χ0v) is 18.6. The maximum absolute atomic E-state index is 13.1. The molecule has 0 radical (unpaired) electrons. The number of nitrogens with zero attached hydrogens (tertiary/aromatic N) is 1. The Labute approximate surface area is 179 Å². The van der Waals surface area contributed by atoms with E-state index in [4.69, 9.17) is 0 Å². The molecule has 0 aromatic heterocycles. The van der Waals surface area contributed by atoms with Crippen LogP contribution in [0.15, 0.2) is 41.3 Å². The Bertz CT molecular complexity index is 1050. The molecule has 0 bridgehead atoms. The Hall–Kier alpha value is -2.18. The molecule has 6 heteroatoms. The average Bonchev–Trinajstić information content (AvgIpc) is 2.76. The second-order valence-electron chi connectivity index (χ2n) is 8.60. The average molecular weight is 427 g/mol. The van der Waals surface area contributed by atoms with E-state index in [1.165, 1.54) is 27.4 Å². The molecule has 5 nitrogen and oxygen atoms in total. The first-order valence-corrected chi connectivity index (χ1v) is 12.3. The van der Waals surface area contributed by atoms with Crippen LogP contribution in [-0.2, 0) is 27.7 Å². The van der Waals surface area contributed by atoms with Gasteiger partial charge in [0.2, 0.25) is 15.9 Å². The standard InChI is InChI=1S/C24H30N2O3S/c1-17-7-9-22(15-18(17)2)25-24(27)20-11-13-26(14-12-20)30(28,29)23-10-8-19-5-3-4-6-21(19)16-23/h7-10,15-16,20H,3-6,11-14H2,1-2H3,(H,25,27). The second kappa shape index (κ2) is 8.52. The third-order valence-corrected chi connectivity index (χ3v) is 8.45. The molecule has 30 heavy (non-hydrogen) atoms. The monoisotopic (exact) mass is 426 g/mol. The molecule has 2 aromatic rings. The number of hydrogen-bond donors (Lipinski definition) is 1. The maximum atomic E-state index is 13.1. The molecule has 1 saturated heterocycles. The van der Waals surface area contributed by atoms with Crippen LogP contribution in [0.3, 0.4) is 0 Å². The van der Waals surface area contributed by atoms with Crippen molar-refractivity contribution in [1.29, 1.82) is 0 Å². The maximum Gasteiger partial charge on any atom is 0.243 e. The molecule has 1 heterocycles. The molecule has 1 fully saturated rings. The van der Waals surface area contributed by atoms with Crippen LogP contribution >= 0.6 is 0 Å². The van der Waals surface area contributed by atoms with Crippen LogP contribution in [0.2, 0.25) is 0 Å². The van der Waals surface area contributed by atoms with Gasteiger partial charge < -0.3 is 5.32 Å². The van der Waals surface area contributed by atoms with E-state index in [2.05, 4.69) is 5.32 Å². The van der Waals surface area contributed by atoms with E-state index in [1.807, 2.05) is 44.2 Å². The smallest absolute Gasteiger partial charge is 0.243 e. The van der Waals surface area contributed by atoms with E-state index in [9.17, 15) is 13.2 Å². The molecule has 1 aliphatic carbocycles. The Kier molecular flexibility index (Phi) is 5.98. The van der Waals surface area contributed by atoms with Crippen LogP contribution in [0.5, 0.6) is 0 Å². The van der Waals surface area contributed by atoms with Crippen molar-refractivity contribution in [2.45, 2.75) is 57.3 Å². The predicted molar refractivity (Wildman–Crippen MR) is 119 cm³/mol. The first-order chi connectivity index (χ1) is 14.3. The lowest BCUT2D eigenvalue weighted by Crippen LogP contribution is -2.41. The van der Waals surface area contributed by atoms with Gasteiger partial charge in [-0.05, 0) is 98.9 Å². The fraction of sp³-hybridized carbons (Fsp3) is 0.458. The summed E-state index contributed by atoms with van der Waals surface area (Å²) < 4.78 is 27.8. The molecule has 0 saturated carbocycles. The molecule has 1 N–H and O–H groups in total. The Morgan fingerprint density at radius 3 is 2.33 bits per heavy atom. The zero-order valence-electron chi connectivity index (χ0n) is 17.8. The lowest BCUT2D eigenvalue weighted by molar-refractivity contribution is -0.120. The van der Waals surface area contributed by atoms with E-state index >= 15 is 0 Å². The third kappa shape index (κ3) is 4.30. The first kappa shape index (κ1) is 21.1. The van der Waals surface area contributed by atoms with Gasteiger partial charge in [0.15, 0.2) is 0 Å². The summed E-state index contributed by atoms with van der Waals surface area (Å²) in [7, 11) is -3.51. The van der Waals surface area contributed by atoms with Gasteiger partial charge in [0.1, 0.15) is 0 Å². The van der Waals surface area contributed by atoms with E-state index in [-0.39, 0.29) is 11.8 Å². The minimum atomic E-state index is -3.51. The summed E-state index contributed by atoms with van der Waals surface area (Å²) in [5.41, 5.74) is 5.58. The lowest BCUT2D eigenvalue weighted by Gasteiger charge is -2.31. The van der Waals surface area contributed by atoms with Crippen molar-refractivity contribution in [3.63, 3.8) is 0 Å². The Morgan fingerprint density at radius 2 is 1.63 bits per heavy atom. The molecule has 1 aliphatic heterocycles. The molecular formula is C24H30N2O3S. The Balaban J connectivity index is 1.39. The molecule has 160 valence electrons. The SMILES string of the molecule is Cc1ccc(NC(=O)C2CCN(S(=O)(=O)c3ccc4c(c3)CCCC4)CC2)cc1C. The van der Waals surface area contributed by atoms with Crippen LogP contribution in [0.4, 0.5) is 5.69 Å². The van der Waals surface area contributed by atoms with Gasteiger partial charge in [-0.3, -0.25) is 4.79 Å². The minimum Gasteiger partial charge on any atom is -0.326 e. The number of benzene rings is 2. The molecule has 1 amide bonds. The predicted octanol–water partition coefficient (Wildman–Crippen LogP) is 4.22. The molecule has 0 unspecified atom stereocenters. The summed E-state index contributed by atoms with van der Waals surface area (Å²) in [6.07, 6.45) is 5.38. The molecule has 2 aliphatic rings. The van der Waals surface area contributed by atoms with Gasteiger partial charge >= 0.3 is 0 Å². The van der Waals surface area contributed by atoms with Crippen LogP contribution < -0.4 is 5.32 Å². The molecule has 0 spiro atoms. The van der Waals surface area contributed by atoms with Gasteiger partial charge in [-0.2, -0.15) is 4.31 Å². The molecule has 4 rings (SSSR count). The highest BCUT2D eigenvalue weighted by Gasteiger charge is 2.32. The summed E-state index contributed by atoms with van der Waals surface area (Å²) in [6, 6.07) is 11.5. The van der Waals surface area contributed by atoms with E-state index in [1.54, 1.807) is 6.07 Å². The Morgan fingerprint density at radius 1 is 0.933 bits per heavy atom. The van der Waals surface area contributed by atoms with Crippen LogP contribution in [0.1, 0.15) is 47.9 Å². The highest BCUT2D eigenvalue weighted by atomic mass is 32.2. The second-order valence-corrected chi connectivity index (χ2v) is 10.5. The van der Waals surface area contributed by atoms with Gasteiger partial charge in [-0.15, -0.1) is 0 Å². The van der Waals surface area contributed by atoms with Gasteiger partial charge in [0, 0.05) is 24.7 Å². The number of fused-ring (bicyclic) bond motifs is 1. The number of carbonyl (C=O) groups excluding carboxylic acids is 1. The highest BCUT2D eigenvalue weighted by molar-refractivity contribution is 7.89. The molecule has 0 atom stereocenters. The van der Waals surface area contributed by atoms with Crippen molar-refractivity contribution in [2.75, 3.05) is 18.4 Å². The zero-order chi connectivity index (χ0) is 21.3. The fourth-order valence-corrected chi connectivity index (χ4v) is 5.96. The minimum absolute atomic E-state index is 0.0240. The lowest BCUT2D eigenvalue weighted by atomic mass is 9.92. The van der Waals surface area contributed by atoms with Crippen molar-refractivity contribution in [3.05, 3.63) is 58.7 Å². The number of nitrogens with one attached hydrogen (secondary N) is 1. The van der Waals surface area contributed by atoms with E-state index in [0.717, 1.165) is 30.5 Å². The summed E-state index contributed by atoms with van der Waals surface area (Å²) in [4.78, 5) is 13.1. The number of sulfonamides is 1. The van der Waals surface area contributed by atoms with Gasteiger partial charge in [-0.25, -0.2) is 8.42 Å². The van der Waals surface area contributed by atoms with Crippen molar-refractivity contribution < 1.29 is 13.2 Å². The van der Waals surface area contributed by atoms with Crippen molar-refractivity contribution in [1.82, 2.24) is 4.31 Å². The number of amides is 1. The number of piperidine rings is 1. The third-order valence-electron chi connectivity index (χ3n) is 6.56. The normalized spacial score (nSPS) is 18.1. The van der Waals surface area contributed by atoms with Crippen LogP contribution in [0, 0.1) is 19.8 Å². The highest BCUT2D eigenvalue weighted by Crippen LogP contribution is 2.28. The van der Waals surface area contributed by atoms with Gasteiger partial charge in [-0.1, -0.05) is 12.1 Å². The number of aryl methyl sites for hydroxylation is 4. The van der Waals surface area contributed by atoms with Crippen molar-refractivity contribution in [2.24, 2.45) is 5.92 Å². The summed E-state index contributed by atoms with van der Waals surface area (Å²) in [5.74, 6) is -0.189. The topological polar surface area (TPSA) is 66.5 Å². The largest absolute Gasteiger partial charge is 0.326 e. The summed E-state index contributed by atoms with van der Waals surface area (Å²) in [6.45, 7) is 4.82. The molecular weight excluding hydrogens is 396 g/mol.